The number of rotatable bonds is 4. The van der Waals surface area contributed by atoms with Gasteiger partial charge in [-0.1, -0.05) is 26.7 Å². The molecule has 18 heavy (non-hydrogen) atoms. The molecule has 1 N–H and O–H groups in total. The summed E-state index contributed by atoms with van der Waals surface area (Å²) in [7, 11) is 0. The fourth-order valence-corrected chi connectivity index (χ4v) is 2.38. The van der Waals surface area contributed by atoms with Crippen molar-refractivity contribution >= 4 is 5.97 Å². The van der Waals surface area contributed by atoms with Crippen LogP contribution < -0.4 is 0 Å². The van der Waals surface area contributed by atoms with Gasteiger partial charge >= 0.3 is 5.97 Å². The summed E-state index contributed by atoms with van der Waals surface area (Å²) in [6.45, 7) is 6.39. The summed E-state index contributed by atoms with van der Waals surface area (Å²) in [5.74, 6) is -0.188. The number of aliphatic hydroxyl groups excluding tert-OH is 1. The molecule has 0 aliphatic carbocycles. The summed E-state index contributed by atoms with van der Waals surface area (Å²) in [5, 5.41) is 9.45. The Hall–Kier alpha value is -0.610. The van der Waals surface area contributed by atoms with Crippen molar-refractivity contribution in [2.45, 2.75) is 58.7 Å². The molecule has 1 saturated heterocycles. The van der Waals surface area contributed by atoms with Crippen LogP contribution in [0.15, 0.2) is 0 Å². The number of unbranched alkanes of at least 4 members (excludes halogenated alkanes) is 1. The lowest BCUT2D eigenvalue weighted by atomic mass is 9.91. The molecule has 1 fully saturated rings. The minimum absolute atomic E-state index is 0.00927. The van der Waals surface area contributed by atoms with E-state index in [-0.39, 0.29) is 36.6 Å². The molecule has 0 amide bonds. The van der Waals surface area contributed by atoms with Gasteiger partial charge in [0.15, 0.2) is 0 Å². The normalized spacial score (nSPS) is 34.3. The van der Waals surface area contributed by atoms with Crippen molar-refractivity contribution in [1.82, 2.24) is 0 Å². The monoisotopic (exact) mass is 258 g/mol. The SMILES string of the molecule is CCCC[C@H]1[C@H](C)OC(=O)[C@@H](C)CCO[C@@H]1CO. The van der Waals surface area contributed by atoms with Crippen LogP contribution in [0.3, 0.4) is 0 Å². The van der Waals surface area contributed by atoms with E-state index in [1.807, 2.05) is 13.8 Å². The van der Waals surface area contributed by atoms with Gasteiger partial charge in [-0.15, -0.1) is 0 Å². The Kier molecular flexibility index (Phi) is 6.65. The summed E-state index contributed by atoms with van der Waals surface area (Å²) in [6, 6.07) is 0. The number of aliphatic hydroxyl groups is 1. The number of carbonyl (C=O) groups is 1. The molecule has 4 atom stereocenters. The summed E-state index contributed by atoms with van der Waals surface area (Å²) < 4.78 is 11.2. The van der Waals surface area contributed by atoms with E-state index < -0.39 is 0 Å². The van der Waals surface area contributed by atoms with E-state index in [9.17, 15) is 9.90 Å². The van der Waals surface area contributed by atoms with Gasteiger partial charge in [-0.25, -0.2) is 0 Å². The number of carbonyl (C=O) groups excluding carboxylic acids is 1. The topological polar surface area (TPSA) is 55.8 Å². The van der Waals surface area contributed by atoms with Gasteiger partial charge in [0.1, 0.15) is 6.10 Å². The molecule has 0 unspecified atom stereocenters. The van der Waals surface area contributed by atoms with Gasteiger partial charge < -0.3 is 14.6 Å². The van der Waals surface area contributed by atoms with Crippen LogP contribution in [0.4, 0.5) is 0 Å². The standard InChI is InChI=1S/C14H26O4/c1-4-5-6-12-11(3)18-14(16)10(2)7-8-17-13(12)9-15/h10-13,15H,4-9H2,1-3H3/t10-,11-,12-,13+/m0/s1. The largest absolute Gasteiger partial charge is 0.462 e. The minimum atomic E-state index is -0.218. The zero-order valence-corrected chi connectivity index (χ0v) is 11.7. The molecular weight excluding hydrogens is 232 g/mol. The Morgan fingerprint density at radius 2 is 2.11 bits per heavy atom. The number of ether oxygens (including phenoxy) is 2. The Morgan fingerprint density at radius 1 is 1.39 bits per heavy atom. The first-order chi connectivity index (χ1) is 8.60. The molecule has 0 saturated carbocycles. The van der Waals surface area contributed by atoms with Crippen LogP contribution in [0.1, 0.15) is 46.5 Å². The average molecular weight is 258 g/mol. The number of cyclic esters (lactones) is 1. The maximum absolute atomic E-state index is 11.8. The molecule has 106 valence electrons. The Morgan fingerprint density at radius 3 is 2.72 bits per heavy atom. The lowest BCUT2D eigenvalue weighted by molar-refractivity contribution is -0.156. The first kappa shape index (κ1) is 15.4. The van der Waals surface area contributed by atoms with E-state index in [4.69, 9.17) is 9.47 Å². The van der Waals surface area contributed by atoms with E-state index in [0.717, 1.165) is 19.3 Å². The van der Waals surface area contributed by atoms with E-state index in [0.29, 0.717) is 13.0 Å². The molecule has 0 spiro atoms. The zero-order valence-electron chi connectivity index (χ0n) is 11.7. The molecule has 0 aromatic carbocycles. The fraction of sp³-hybridized carbons (Fsp3) is 0.929. The zero-order chi connectivity index (χ0) is 13.5. The number of esters is 1. The quantitative estimate of drug-likeness (QED) is 0.785. The first-order valence-electron chi connectivity index (χ1n) is 7.03. The predicted molar refractivity (Wildman–Crippen MR) is 69.2 cm³/mol. The highest BCUT2D eigenvalue weighted by atomic mass is 16.5. The van der Waals surface area contributed by atoms with Crippen molar-refractivity contribution in [2.75, 3.05) is 13.2 Å². The van der Waals surface area contributed by atoms with E-state index in [1.165, 1.54) is 0 Å². The van der Waals surface area contributed by atoms with Gasteiger partial charge in [0.2, 0.25) is 0 Å². The van der Waals surface area contributed by atoms with E-state index >= 15 is 0 Å². The van der Waals surface area contributed by atoms with Crippen molar-refractivity contribution in [3.63, 3.8) is 0 Å². The maximum Gasteiger partial charge on any atom is 0.309 e. The van der Waals surface area contributed by atoms with Crippen LogP contribution in [0.2, 0.25) is 0 Å². The minimum Gasteiger partial charge on any atom is -0.462 e. The molecule has 0 bridgehead atoms. The van der Waals surface area contributed by atoms with Gasteiger partial charge in [0, 0.05) is 12.5 Å². The first-order valence-corrected chi connectivity index (χ1v) is 7.03. The highest BCUT2D eigenvalue weighted by Gasteiger charge is 2.32. The van der Waals surface area contributed by atoms with Gasteiger partial charge in [0.25, 0.3) is 0 Å². The lowest BCUT2D eigenvalue weighted by Crippen LogP contribution is -2.37. The van der Waals surface area contributed by atoms with Crippen LogP contribution >= 0.6 is 0 Å². The van der Waals surface area contributed by atoms with Gasteiger partial charge in [-0.05, 0) is 19.8 Å². The van der Waals surface area contributed by atoms with Crippen molar-refractivity contribution in [3.8, 4) is 0 Å². The van der Waals surface area contributed by atoms with Gasteiger partial charge in [-0.2, -0.15) is 0 Å². The predicted octanol–water partition coefficient (Wildman–Crippen LogP) is 2.14. The molecule has 0 aromatic heterocycles. The maximum atomic E-state index is 11.8. The molecule has 4 nitrogen and oxygen atoms in total. The Labute approximate surface area is 110 Å². The molecule has 1 aliphatic rings. The third-order valence-electron chi connectivity index (χ3n) is 3.74. The second kappa shape index (κ2) is 7.74. The molecule has 4 heteroatoms. The average Bonchev–Trinajstić information content (AvgIpc) is 2.39. The Balaban J connectivity index is 2.75. The Bertz CT molecular complexity index is 254. The van der Waals surface area contributed by atoms with Crippen LogP contribution in [-0.2, 0) is 14.3 Å². The summed E-state index contributed by atoms with van der Waals surface area (Å²) in [6.07, 6.45) is 3.31. The highest BCUT2D eigenvalue weighted by molar-refractivity contribution is 5.72. The number of hydrogen-bond acceptors (Lipinski definition) is 4. The molecule has 1 aliphatic heterocycles. The van der Waals surface area contributed by atoms with Crippen molar-refractivity contribution < 1.29 is 19.4 Å². The second-order valence-electron chi connectivity index (χ2n) is 5.23. The molecule has 1 heterocycles. The highest BCUT2D eigenvalue weighted by Crippen LogP contribution is 2.25. The number of hydrogen-bond donors (Lipinski definition) is 1. The molecule has 0 aromatic rings. The van der Waals surface area contributed by atoms with Crippen LogP contribution in [0, 0.1) is 11.8 Å². The molecule has 1 rings (SSSR count). The van der Waals surface area contributed by atoms with Gasteiger partial charge in [-0.3, -0.25) is 4.79 Å². The third-order valence-corrected chi connectivity index (χ3v) is 3.74. The second-order valence-corrected chi connectivity index (χ2v) is 5.23. The third kappa shape index (κ3) is 4.25. The fourth-order valence-electron chi connectivity index (χ4n) is 2.38. The van der Waals surface area contributed by atoms with E-state index in [2.05, 4.69) is 6.92 Å². The lowest BCUT2D eigenvalue weighted by Gasteiger charge is -2.29. The summed E-state index contributed by atoms with van der Waals surface area (Å²) in [5.41, 5.74) is 0. The van der Waals surface area contributed by atoms with Crippen molar-refractivity contribution in [2.24, 2.45) is 11.8 Å². The van der Waals surface area contributed by atoms with Crippen LogP contribution in [-0.4, -0.2) is 36.5 Å². The molecule has 0 radical (unpaired) electrons. The van der Waals surface area contributed by atoms with E-state index in [1.54, 1.807) is 0 Å². The molecular formula is C14H26O4. The van der Waals surface area contributed by atoms with Crippen molar-refractivity contribution in [1.29, 1.82) is 0 Å². The van der Waals surface area contributed by atoms with Gasteiger partial charge in [0.05, 0.1) is 18.6 Å². The summed E-state index contributed by atoms with van der Waals surface area (Å²) >= 11 is 0. The summed E-state index contributed by atoms with van der Waals surface area (Å²) in [4.78, 5) is 11.8. The van der Waals surface area contributed by atoms with Crippen LogP contribution in [0.5, 0.6) is 0 Å². The van der Waals surface area contributed by atoms with Crippen LogP contribution in [0.25, 0.3) is 0 Å². The van der Waals surface area contributed by atoms with Crippen molar-refractivity contribution in [3.05, 3.63) is 0 Å². The smallest absolute Gasteiger partial charge is 0.309 e.